The highest BCUT2D eigenvalue weighted by Gasteiger charge is 2.28. The highest BCUT2D eigenvalue weighted by molar-refractivity contribution is 6.05. The average Bonchev–Trinajstić information content (AvgIpc) is 2.30. The lowest BCUT2D eigenvalue weighted by Crippen LogP contribution is -2.31. The fourth-order valence-corrected chi connectivity index (χ4v) is 1.36. The number of carbonyl (C=O) groups excluding carboxylic acids is 2. The smallest absolute Gasteiger partial charge is 0.230 e. The fraction of sp³-hybridized carbons (Fsp3) is 0.800. The third-order valence-electron chi connectivity index (χ3n) is 2.71. The Morgan fingerprint density at radius 2 is 1.92 bits per heavy atom. The minimum Gasteiger partial charge on any atom is -0.335 e. The molecular formula is C10H17NO2. The van der Waals surface area contributed by atoms with Gasteiger partial charge in [-0.1, -0.05) is 20.8 Å². The molecule has 0 aromatic rings. The van der Waals surface area contributed by atoms with Crippen LogP contribution in [0.3, 0.4) is 0 Å². The number of rotatable bonds is 3. The van der Waals surface area contributed by atoms with Gasteiger partial charge >= 0.3 is 0 Å². The number of amides is 1. The molecule has 0 aromatic carbocycles. The van der Waals surface area contributed by atoms with E-state index < -0.39 is 0 Å². The molecule has 0 spiro atoms. The largest absolute Gasteiger partial charge is 0.335 e. The molecule has 1 unspecified atom stereocenters. The van der Waals surface area contributed by atoms with Crippen molar-refractivity contribution < 1.29 is 9.59 Å². The Morgan fingerprint density at radius 1 is 1.31 bits per heavy atom. The molecule has 1 aliphatic heterocycles. The van der Waals surface area contributed by atoms with E-state index in [0.29, 0.717) is 18.4 Å². The predicted octanol–water partition coefficient (Wildman–Crippen LogP) is 1.08. The molecule has 3 nitrogen and oxygen atoms in total. The monoisotopic (exact) mass is 183 g/mol. The normalized spacial score (nSPS) is 20.2. The van der Waals surface area contributed by atoms with Crippen LogP contribution in [0.2, 0.25) is 0 Å². The number of nitrogens with zero attached hydrogens (tertiary/aromatic N) is 1. The number of hydrogen-bond acceptors (Lipinski definition) is 2. The summed E-state index contributed by atoms with van der Waals surface area (Å²) in [6.45, 7) is 7.43. The van der Waals surface area contributed by atoms with Crippen LogP contribution in [0.25, 0.3) is 0 Å². The molecule has 1 rings (SSSR count). The third kappa shape index (κ3) is 2.54. The van der Waals surface area contributed by atoms with Crippen LogP contribution in [0, 0.1) is 11.8 Å². The number of ketones is 1. The van der Waals surface area contributed by atoms with Gasteiger partial charge in [-0.25, -0.2) is 0 Å². The van der Waals surface area contributed by atoms with Crippen LogP contribution in [0.1, 0.15) is 27.2 Å². The van der Waals surface area contributed by atoms with Gasteiger partial charge in [0.25, 0.3) is 0 Å². The first kappa shape index (κ1) is 10.2. The summed E-state index contributed by atoms with van der Waals surface area (Å²) >= 11 is 0. The first-order valence-corrected chi connectivity index (χ1v) is 4.80. The molecule has 0 N–H and O–H groups in total. The van der Waals surface area contributed by atoms with Gasteiger partial charge in [0.15, 0.2) is 5.78 Å². The minimum absolute atomic E-state index is 0.00231. The van der Waals surface area contributed by atoms with Crippen molar-refractivity contribution in [2.45, 2.75) is 27.2 Å². The number of Topliss-reactive ketones (excluding diaryl/α,β-unsaturated/α-hetero) is 1. The van der Waals surface area contributed by atoms with Gasteiger partial charge in [-0.2, -0.15) is 0 Å². The maximum Gasteiger partial charge on any atom is 0.230 e. The molecule has 0 aromatic heterocycles. The first-order valence-electron chi connectivity index (χ1n) is 4.80. The molecule has 1 fully saturated rings. The molecule has 1 atom stereocenters. The zero-order chi connectivity index (χ0) is 10.0. The molecule has 0 saturated carbocycles. The Hall–Kier alpha value is -0.860. The maximum absolute atomic E-state index is 11.2. The van der Waals surface area contributed by atoms with E-state index in [0.717, 1.165) is 6.54 Å². The zero-order valence-corrected chi connectivity index (χ0v) is 8.54. The standard InChI is InChI=1S/C10H17NO2/c1-7(2)8(3)5-11-6-9(12)4-10(11)13/h7-8H,4-6H2,1-3H3. The molecule has 0 aliphatic carbocycles. The molecule has 1 saturated heterocycles. The van der Waals surface area contributed by atoms with Crippen molar-refractivity contribution in [3.63, 3.8) is 0 Å². The van der Waals surface area contributed by atoms with E-state index in [1.54, 1.807) is 4.90 Å². The van der Waals surface area contributed by atoms with E-state index in [9.17, 15) is 9.59 Å². The molecule has 13 heavy (non-hydrogen) atoms. The molecular weight excluding hydrogens is 166 g/mol. The van der Waals surface area contributed by atoms with Crippen molar-refractivity contribution in [2.75, 3.05) is 13.1 Å². The number of likely N-dealkylation sites (tertiary alicyclic amines) is 1. The van der Waals surface area contributed by atoms with E-state index >= 15 is 0 Å². The van der Waals surface area contributed by atoms with Gasteiger partial charge in [-0.05, 0) is 11.8 Å². The Kier molecular flexibility index (Phi) is 3.07. The second-order valence-electron chi connectivity index (χ2n) is 4.21. The van der Waals surface area contributed by atoms with Gasteiger partial charge in [0, 0.05) is 6.54 Å². The van der Waals surface area contributed by atoms with Crippen LogP contribution >= 0.6 is 0 Å². The van der Waals surface area contributed by atoms with E-state index in [4.69, 9.17) is 0 Å². The van der Waals surface area contributed by atoms with E-state index in [-0.39, 0.29) is 18.1 Å². The van der Waals surface area contributed by atoms with Crippen LogP contribution in [-0.2, 0) is 9.59 Å². The van der Waals surface area contributed by atoms with Crippen LogP contribution in [0.5, 0.6) is 0 Å². The lowest BCUT2D eigenvalue weighted by Gasteiger charge is -2.22. The second kappa shape index (κ2) is 3.90. The molecule has 74 valence electrons. The summed E-state index contributed by atoms with van der Waals surface area (Å²) in [6.07, 6.45) is 0.116. The summed E-state index contributed by atoms with van der Waals surface area (Å²) in [7, 11) is 0. The highest BCUT2D eigenvalue weighted by Crippen LogP contribution is 2.15. The molecule has 0 radical (unpaired) electrons. The van der Waals surface area contributed by atoms with Crippen LogP contribution in [0.15, 0.2) is 0 Å². The molecule has 1 amide bonds. The number of hydrogen-bond donors (Lipinski definition) is 0. The summed E-state index contributed by atoms with van der Waals surface area (Å²) in [5, 5.41) is 0. The Bertz CT molecular complexity index is 223. The SMILES string of the molecule is CC(C)C(C)CN1CC(=O)CC1=O. The van der Waals surface area contributed by atoms with Gasteiger partial charge in [-0.3, -0.25) is 9.59 Å². The Morgan fingerprint density at radius 3 is 2.31 bits per heavy atom. The van der Waals surface area contributed by atoms with Crippen LogP contribution < -0.4 is 0 Å². The minimum atomic E-state index is -0.00231. The third-order valence-corrected chi connectivity index (χ3v) is 2.71. The van der Waals surface area contributed by atoms with Gasteiger partial charge in [0.05, 0.1) is 13.0 Å². The van der Waals surface area contributed by atoms with Crippen LogP contribution in [0.4, 0.5) is 0 Å². The summed E-state index contributed by atoms with van der Waals surface area (Å²) < 4.78 is 0. The lowest BCUT2D eigenvalue weighted by atomic mass is 9.98. The summed E-state index contributed by atoms with van der Waals surface area (Å²) in [5.74, 6) is 1.08. The second-order valence-corrected chi connectivity index (χ2v) is 4.21. The molecule has 1 heterocycles. The Labute approximate surface area is 79.1 Å². The van der Waals surface area contributed by atoms with Gasteiger partial charge in [0.1, 0.15) is 0 Å². The van der Waals surface area contributed by atoms with Crippen molar-refractivity contribution in [3.05, 3.63) is 0 Å². The predicted molar refractivity (Wildman–Crippen MR) is 50.2 cm³/mol. The van der Waals surface area contributed by atoms with Gasteiger partial charge < -0.3 is 4.90 Å². The quantitative estimate of drug-likeness (QED) is 0.614. The van der Waals surface area contributed by atoms with Gasteiger partial charge in [0.2, 0.25) is 5.91 Å². The van der Waals surface area contributed by atoms with E-state index in [2.05, 4.69) is 20.8 Å². The number of carbonyl (C=O) groups is 2. The van der Waals surface area contributed by atoms with E-state index in [1.807, 2.05) is 0 Å². The lowest BCUT2D eigenvalue weighted by molar-refractivity contribution is -0.128. The van der Waals surface area contributed by atoms with Crippen molar-refractivity contribution in [3.8, 4) is 0 Å². The molecule has 0 bridgehead atoms. The average molecular weight is 183 g/mol. The van der Waals surface area contributed by atoms with E-state index in [1.165, 1.54) is 0 Å². The summed E-state index contributed by atoms with van der Waals surface area (Å²) in [4.78, 5) is 23.9. The van der Waals surface area contributed by atoms with Crippen molar-refractivity contribution in [1.29, 1.82) is 0 Å². The molecule has 1 aliphatic rings. The highest BCUT2D eigenvalue weighted by atomic mass is 16.2. The Balaban J connectivity index is 2.46. The van der Waals surface area contributed by atoms with Crippen molar-refractivity contribution in [2.24, 2.45) is 11.8 Å². The summed E-state index contributed by atoms with van der Waals surface area (Å²) in [6, 6.07) is 0. The molecule has 3 heteroatoms. The van der Waals surface area contributed by atoms with Crippen LogP contribution in [-0.4, -0.2) is 29.7 Å². The maximum atomic E-state index is 11.2. The first-order chi connectivity index (χ1) is 6.00. The van der Waals surface area contributed by atoms with Gasteiger partial charge in [-0.15, -0.1) is 0 Å². The zero-order valence-electron chi connectivity index (χ0n) is 8.54. The topological polar surface area (TPSA) is 37.4 Å². The van der Waals surface area contributed by atoms with Crippen molar-refractivity contribution >= 4 is 11.7 Å². The fourth-order valence-electron chi connectivity index (χ4n) is 1.36. The van der Waals surface area contributed by atoms with Crippen molar-refractivity contribution in [1.82, 2.24) is 4.90 Å². The summed E-state index contributed by atoms with van der Waals surface area (Å²) in [5.41, 5.74) is 0.